The van der Waals surface area contributed by atoms with E-state index in [9.17, 15) is 13.2 Å². The number of nitriles is 2. The van der Waals surface area contributed by atoms with Gasteiger partial charge >= 0.3 is 6.18 Å². The van der Waals surface area contributed by atoms with Gasteiger partial charge in [0.1, 0.15) is 6.07 Å². The molecule has 0 aliphatic rings. The first kappa shape index (κ1) is 13.9. The van der Waals surface area contributed by atoms with Crippen LogP contribution >= 0.6 is 0 Å². The molecule has 0 aromatic heterocycles. The normalized spacial score (nSPS) is 12.3. The highest BCUT2D eigenvalue weighted by Gasteiger charge is 2.40. The molecule has 1 unspecified atom stereocenters. The second-order valence-electron chi connectivity index (χ2n) is 3.73. The molecule has 1 aromatic carbocycles. The fourth-order valence-electron chi connectivity index (χ4n) is 1.49. The van der Waals surface area contributed by atoms with Crippen LogP contribution in [0.1, 0.15) is 5.56 Å². The van der Waals surface area contributed by atoms with Gasteiger partial charge in [-0.2, -0.15) is 23.7 Å². The number of hydrogen-bond acceptors (Lipinski definition) is 3. The van der Waals surface area contributed by atoms with Gasteiger partial charge in [0.15, 0.2) is 5.92 Å². The number of rotatable bonds is 3. The van der Waals surface area contributed by atoms with Crippen LogP contribution in [0.2, 0.25) is 0 Å². The molecule has 0 saturated heterocycles. The number of alkyl halides is 3. The maximum Gasteiger partial charge on any atom is 0.406 e. The van der Waals surface area contributed by atoms with Crippen molar-refractivity contribution in [3.8, 4) is 12.1 Å². The monoisotopic (exact) mass is 253 g/mol. The van der Waals surface area contributed by atoms with Gasteiger partial charge in [-0.25, -0.2) is 0 Å². The van der Waals surface area contributed by atoms with Crippen LogP contribution in [0.25, 0.3) is 0 Å². The van der Waals surface area contributed by atoms with Crippen LogP contribution in [0.5, 0.6) is 0 Å². The van der Waals surface area contributed by atoms with Crippen molar-refractivity contribution in [1.82, 2.24) is 0 Å². The Bertz CT molecular complexity index is 497. The molecule has 1 aromatic rings. The molecule has 0 bridgehead atoms. The Balaban J connectivity index is 2.93. The Kier molecular flexibility index (Phi) is 4.17. The minimum Gasteiger partial charge on any atom is -0.372 e. The first-order chi connectivity index (χ1) is 8.40. The molecule has 1 rings (SSSR count). The average molecular weight is 253 g/mol. The predicted molar refractivity (Wildman–Crippen MR) is 59.6 cm³/mol. The molecule has 0 aliphatic carbocycles. The van der Waals surface area contributed by atoms with Crippen molar-refractivity contribution >= 4 is 5.69 Å². The molecule has 0 N–H and O–H groups in total. The smallest absolute Gasteiger partial charge is 0.372 e. The third kappa shape index (κ3) is 3.14. The van der Waals surface area contributed by atoms with Gasteiger partial charge in [-0.15, -0.1) is 0 Å². The van der Waals surface area contributed by atoms with E-state index in [-0.39, 0.29) is 5.56 Å². The molecule has 1 atom stereocenters. The first-order valence-electron chi connectivity index (χ1n) is 5.06. The van der Waals surface area contributed by atoms with Gasteiger partial charge in [-0.3, -0.25) is 0 Å². The quantitative estimate of drug-likeness (QED) is 0.832. The van der Waals surface area contributed by atoms with E-state index in [1.807, 2.05) is 6.07 Å². The summed E-state index contributed by atoms with van der Waals surface area (Å²) >= 11 is 0. The van der Waals surface area contributed by atoms with E-state index in [1.54, 1.807) is 18.2 Å². The van der Waals surface area contributed by atoms with Crippen LogP contribution in [0, 0.1) is 28.6 Å². The highest BCUT2D eigenvalue weighted by atomic mass is 19.4. The maximum absolute atomic E-state index is 12.5. The number of halogens is 3. The number of benzene rings is 1. The Labute approximate surface area is 103 Å². The fourth-order valence-corrected chi connectivity index (χ4v) is 1.49. The number of anilines is 1. The molecule has 0 heterocycles. The third-order valence-electron chi connectivity index (χ3n) is 2.44. The van der Waals surface area contributed by atoms with Crippen molar-refractivity contribution in [2.45, 2.75) is 6.18 Å². The fraction of sp³-hybridized carbons (Fsp3) is 0.333. The lowest BCUT2D eigenvalue weighted by Gasteiger charge is -2.24. The molecular weight excluding hydrogens is 243 g/mol. The van der Waals surface area contributed by atoms with Crippen LogP contribution < -0.4 is 4.90 Å². The lowest BCUT2D eigenvalue weighted by atomic mass is 10.1. The topological polar surface area (TPSA) is 50.8 Å². The minimum atomic E-state index is -4.56. The highest BCUT2D eigenvalue weighted by molar-refractivity contribution is 5.58. The van der Waals surface area contributed by atoms with E-state index in [0.717, 1.165) is 0 Å². The van der Waals surface area contributed by atoms with Crippen molar-refractivity contribution in [2.24, 2.45) is 5.92 Å². The van der Waals surface area contributed by atoms with E-state index in [2.05, 4.69) is 0 Å². The zero-order valence-corrected chi connectivity index (χ0v) is 9.57. The zero-order valence-electron chi connectivity index (χ0n) is 9.57. The summed E-state index contributed by atoms with van der Waals surface area (Å²) in [4.78, 5) is 1.26. The van der Waals surface area contributed by atoms with Crippen molar-refractivity contribution in [2.75, 3.05) is 18.5 Å². The molecule has 0 amide bonds. The lowest BCUT2D eigenvalue weighted by molar-refractivity contribution is -0.156. The minimum absolute atomic E-state index is 0.277. The van der Waals surface area contributed by atoms with Gasteiger partial charge in [0.05, 0.1) is 17.3 Å². The van der Waals surface area contributed by atoms with E-state index in [4.69, 9.17) is 10.5 Å². The van der Waals surface area contributed by atoms with Crippen LogP contribution in [-0.4, -0.2) is 19.8 Å². The van der Waals surface area contributed by atoms with Gasteiger partial charge in [-0.05, 0) is 12.1 Å². The Hall–Kier alpha value is -2.21. The Morgan fingerprint density at radius 1 is 1.28 bits per heavy atom. The summed E-state index contributed by atoms with van der Waals surface area (Å²) in [7, 11) is 1.42. The maximum atomic E-state index is 12.5. The van der Waals surface area contributed by atoms with Gasteiger partial charge in [0.25, 0.3) is 0 Å². The van der Waals surface area contributed by atoms with Crippen LogP contribution in [0.3, 0.4) is 0 Å². The summed E-state index contributed by atoms with van der Waals surface area (Å²) in [5.41, 5.74) is 0.656. The zero-order chi connectivity index (χ0) is 13.8. The molecule has 94 valence electrons. The van der Waals surface area contributed by atoms with Crippen LogP contribution in [0.4, 0.5) is 18.9 Å². The Morgan fingerprint density at radius 2 is 1.89 bits per heavy atom. The summed E-state index contributed by atoms with van der Waals surface area (Å²) < 4.78 is 37.4. The summed E-state index contributed by atoms with van der Waals surface area (Å²) in [6.07, 6.45) is -4.56. The van der Waals surface area contributed by atoms with Gasteiger partial charge in [-0.1, -0.05) is 12.1 Å². The molecule has 3 nitrogen and oxygen atoms in total. The summed E-state index contributed by atoms with van der Waals surface area (Å²) in [6, 6.07) is 9.44. The standard InChI is InChI=1S/C12H10F3N3/c1-18(8-10(7-17)12(13,14)15)11-5-3-2-4-9(11)6-16/h2-5,10H,8H2,1H3. The van der Waals surface area contributed by atoms with Crippen molar-refractivity contribution in [3.05, 3.63) is 29.8 Å². The summed E-state index contributed by atoms with van der Waals surface area (Å²) in [5, 5.41) is 17.4. The molecule has 6 heteroatoms. The van der Waals surface area contributed by atoms with Gasteiger partial charge in [0, 0.05) is 13.6 Å². The van der Waals surface area contributed by atoms with Crippen LogP contribution in [-0.2, 0) is 0 Å². The lowest BCUT2D eigenvalue weighted by Crippen LogP contribution is -2.34. The molecule has 0 radical (unpaired) electrons. The predicted octanol–water partition coefficient (Wildman–Crippen LogP) is 2.70. The second-order valence-corrected chi connectivity index (χ2v) is 3.73. The van der Waals surface area contributed by atoms with E-state index < -0.39 is 18.6 Å². The van der Waals surface area contributed by atoms with E-state index >= 15 is 0 Å². The third-order valence-corrected chi connectivity index (χ3v) is 2.44. The van der Waals surface area contributed by atoms with E-state index in [0.29, 0.717) is 5.69 Å². The largest absolute Gasteiger partial charge is 0.406 e. The summed E-state index contributed by atoms with van der Waals surface area (Å²) in [6.45, 7) is -0.501. The second kappa shape index (κ2) is 5.42. The van der Waals surface area contributed by atoms with Crippen molar-refractivity contribution in [3.63, 3.8) is 0 Å². The van der Waals surface area contributed by atoms with E-state index in [1.165, 1.54) is 24.1 Å². The highest BCUT2D eigenvalue weighted by Crippen LogP contribution is 2.28. The molecule has 0 saturated carbocycles. The van der Waals surface area contributed by atoms with Crippen LogP contribution in [0.15, 0.2) is 24.3 Å². The average Bonchev–Trinajstić information content (AvgIpc) is 2.34. The molecule has 0 spiro atoms. The van der Waals surface area contributed by atoms with Gasteiger partial charge in [0.2, 0.25) is 0 Å². The van der Waals surface area contributed by atoms with Gasteiger partial charge < -0.3 is 4.90 Å². The SMILES string of the molecule is CN(CC(C#N)C(F)(F)F)c1ccccc1C#N. The Morgan fingerprint density at radius 3 is 2.39 bits per heavy atom. The molecule has 0 aliphatic heterocycles. The van der Waals surface area contributed by atoms with Crippen molar-refractivity contribution in [1.29, 1.82) is 10.5 Å². The number of nitrogens with zero attached hydrogens (tertiary/aromatic N) is 3. The van der Waals surface area contributed by atoms with Crippen molar-refractivity contribution < 1.29 is 13.2 Å². The molecule has 0 fully saturated rings. The molecule has 18 heavy (non-hydrogen) atoms. The number of hydrogen-bond donors (Lipinski definition) is 0. The molecular formula is C12H10F3N3. The first-order valence-corrected chi connectivity index (χ1v) is 5.06. The summed E-state index contributed by atoms with van der Waals surface area (Å²) in [5.74, 6) is -2.07. The number of para-hydroxylation sites is 1.